The monoisotopic (exact) mass is 366 g/mol. The molecule has 0 unspecified atom stereocenters. The van der Waals surface area contributed by atoms with Crippen LogP contribution in [0.15, 0.2) is 42.6 Å². The van der Waals surface area contributed by atoms with Gasteiger partial charge >= 0.3 is 0 Å². The van der Waals surface area contributed by atoms with E-state index in [1.165, 1.54) is 30.8 Å². The number of hydrogen-bond donors (Lipinski definition) is 2. The zero-order valence-electron chi connectivity index (χ0n) is 15.7. The molecule has 27 heavy (non-hydrogen) atoms. The van der Waals surface area contributed by atoms with Crippen molar-refractivity contribution >= 4 is 23.2 Å². The van der Waals surface area contributed by atoms with Crippen LogP contribution in [0.4, 0.5) is 11.4 Å². The van der Waals surface area contributed by atoms with Crippen LogP contribution in [0.2, 0.25) is 0 Å². The first-order valence-corrected chi connectivity index (χ1v) is 9.58. The van der Waals surface area contributed by atoms with Crippen molar-refractivity contribution in [3.63, 3.8) is 0 Å². The average Bonchev–Trinajstić information content (AvgIpc) is 3.23. The number of anilines is 2. The number of aromatic nitrogens is 1. The Hall–Kier alpha value is -2.89. The maximum absolute atomic E-state index is 12.5. The molecule has 2 amide bonds. The van der Waals surface area contributed by atoms with Crippen molar-refractivity contribution in [2.45, 2.75) is 32.6 Å². The van der Waals surface area contributed by atoms with Crippen LogP contribution in [0.25, 0.3) is 0 Å². The first-order valence-electron chi connectivity index (χ1n) is 9.58. The van der Waals surface area contributed by atoms with Gasteiger partial charge in [0.1, 0.15) is 5.69 Å². The molecule has 2 heterocycles. The lowest BCUT2D eigenvalue weighted by Crippen LogP contribution is -2.25. The number of nitrogens with zero attached hydrogens (tertiary/aromatic N) is 2. The summed E-state index contributed by atoms with van der Waals surface area (Å²) < 4.78 is 0. The molecule has 1 saturated heterocycles. The van der Waals surface area contributed by atoms with Crippen molar-refractivity contribution in [2.24, 2.45) is 0 Å². The lowest BCUT2D eigenvalue weighted by Gasteiger charge is -2.17. The summed E-state index contributed by atoms with van der Waals surface area (Å²) in [5.74, 6) is -0.512. The number of hydrogen-bond acceptors (Lipinski definition) is 4. The van der Waals surface area contributed by atoms with Crippen molar-refractivity contribution in [3.8, 4) is 0 Å². The minimum atomic E-state index is -0.327. The van der Waals surface area contributed by atoms with Crippen LogP contribution in [-0.4, -0.2) is 36.4 Å². The van der Waals surface area contributed by atoms with Crippen LogP contribution in [0.3, 0.4) is 0 Å². The standard InChI is InChI=1S/C21H26N4O2/c1-2-3-11-23-20(26)16-10-12-22-19(15-16)21(27)24-17-6-8-18(9-7-17)25-13-4-5-14-25/h6-10,12,15H,2-5,11,13-14H2,1H3,(H,23,26)(H,24,27). The van der Waals surface area contributed by atoms with Gasteiger partial charge < -0.3 is 15.5 Å². The Morgan fingerprint density at radius 3 is 2.52 bits per heavy atom. The van der Waals surface area contributed by atoms with E-state index in [4.69, 9.17) is 0 Å². The summed E-state index contributed by atoms with van der Waals surface area (Å²) in [4.78, 5) is 31.1. The van der Waals surface area contributed by atoms with Crippen LogP contribution >= 0.6 is 0 Å². The van der Waals surface area contributed by atoms with Gasteiger partial charge in [-0.3, -0.25) is 14.6 Å². The molecule has 0 atom stereocenters. The summed E-state index contributed by atoms with van der Waals surface area (Å²) in [6, 6.07) is 11.0. The Kier molecular flexibility index (Phi) is 6.41. The SMILES string of the molecule is CCCCNC(=O)c1ccnc(C(=O)Nc2ccc(N3CCCC3)cc2)c1. The fraction of sp³-hybridized carbons (Fsp3) is 0.381. The van der Waals surface area contributed by atoms with Crippen LogP contribution in [0.1, 0.15) is 53.5 Å². The summed E-state index contributed by atoms with van der Waals surface area (Å²) in [6.45, 7) is 4.87. The van der Waals surface area contributed by atoms with Crippen LogP contribution in [0, 0.1) is 0 Å². The van der Waals surface area contributed by atoms with Crippen molar-refractivity contribution in [3.05, 3.63) is 53.9 Å². The van der Waals surface area contributed by atoms with Crippen LogP contribution in [0.5, 0.6) is 0 Å². The van der Waals surface area contributed by atoms with Crippen molar-refractivity contribution in [2.75, 3.05) is 29.9 Å². The molecular formula is C21H26N4O2. The molecule has 1 aliphatic rings. The minimum absolute atomic E-state index is 0.185. The minimum Gasteiger partial charge on any atom is -0.372 e. The van der Waals surface area contributed by atoms with Gasteiger partial charge in [0.25, 0.3) is 11.8 Å². The first kappa shape index (κ1) is 18.9. The molecule has 2 N–H and O–H groups in total. The highest BCUT2D eigenvalue weighted by Gasteiger charge is 2.14. The van der Waals surface area contributed by atoms with E-state index in [0.29, 0.717) is 17.8 Å². The Morgan fingerprint density at radius 1 is 1.07 bits per heavy atom. The molecule has 2 aromatic rings. The topological polar surface area (TPSA) is 74.3 Å². The lowest BCUT2D eigenvalue weighted by atomic mass is 10.2. The zero-order chi connectivity index (χ0) is 19.1. The van der Waals surface area contributed by atoms with Crippen LogP contribution in [-0.2, 0) is 0 Å². The number of rotatable bonds is 7. The van der Waals surface area contributed by atoms with Crippen molar-refractivity contribution < 1.29 is 9.59 Å². The molecule has 0 aliphatic carbocycles. The van der Waals surface area contributed by atoms with E-state index in [-0.39, 0.29) is 17.5 Å². The molecule has 6 heteroatoms. The second-order valence-electron chi connectivity index (χ2n) is 6.73. The summed E-state index contributed by atoms with van der Waals surface area (Å²) in [7, 11) is 0. The zero-order valence-corrected chi connectivity index (χ0v) is 15.7. The highest BCUT2D eigenvalue weighted by Crippen LogP contribution is 2.22. The molecule has 0 spiro atoms. The molecule has 0 bridgehead atoms. The van der Waals surface area contributed by atoms with E-state index in [1.807, 2.05) is 24.3 Å². The Labute approximate surface area is 160 Å². The van der Waals surface area contributed by atoms with E-state index in [0.717, 1.165) is 25.9 Å². The van der Waals surface area contributed by atoms with Gasteiger partial charge in [-0.15, -0.1) is 0 Å². The summed E-state index contributed by atoms with van der Waals surface area (Å²) in [5.41, 5.74) is 2.55. The quantitative estimate of drug-likeness (QED) is 0.736. The molecule has 1 aliphatic heterocycles. The molecule has 0 radical (unpaired) electrons. The number of amides is 2. The highest BCUT2D eigenvalue weighted by atomic mass is 16.2. The van der Waals surface area contributed by atoms with E-state index in [1.54, 1.807) is 6.07 Å². The smallest absolute Gasteiger partial charge is 0.274 e. The maximum atomic E-state index is 12.5. The van der Waals surface area contributed by atoms with Crippen LogP contribution < -0.4 is 15.5 Å². The largest absolute Gasteiger partial charge is 0.372 e. The van der Waals surface area contributed by atoms with Gasteiger partial charge in [-0.1, -0.05) is 13.3 Å². The van der Waals surface area contributed by atoms with E-state index < -0.39 is 0 Å². The highest BCUT2D eigenvalue weighted by molar-refractivity contribution is 6.04. The van der Waals surface area contributed by atoms with Gasteiger partial charge in [0.05, 0.1) is 0 Å². The van der Waals surface area contributed by atoms with Gasteiger partial charge in [-0.2, -0.15) is 0 Å². The summed E-state index contributed by atoms with van der Waals surface area (Å²) in [6.07, 6.45) is 5.89. The molecular weight excluding hydrogens is 340 g/mol. The fourth-order valence-electron chi connectivity index (χ4n) is 3.10. The van der Waals surface area contributed by atoms with Crippen molar-refractivity contribution in [1.29, 1.82) is 0 Å². The molecule has 0 saturated carbocycles. The summed E-state index contributed by atoms with van der Waals surface area (Å²) >= 11 is 0. The number of carbonyl (C=O) groups is 2. The predicted molar refractivity (Wildman–Crippen MR) is 107 cm³/mol. The predicted octanol–water partition coefficient (Wildman–Crippen LogP) is 3.46. The van der Waals surface area contributed by atoms with Gasteiger partial charge in [0, 0.05) is 42.8 Å². The molecule has 1 aromatic carbocycles. The third-order valence-corrected chi connectivity index (χ3v) is 4.67. The first-order chi connectivity index (χ1) is 13.2. The summed E-state index contributed by atoms with van der Waals surface area (Å²) in [5, 5.41) is 5.69. The van der Waals surface area contributed by atoms with Gasteiger partial charge in [-0.05, 0) is 55.7 Å². The number of carbonyl (C=O) groups excluding carboxylic acids is 2. The Balaban J connectivity index is 1.62. The maximum Gasteiger partial charge on any atom is 0.274 e. The third kappa shape index (κ3) is 5.06. The molecule has 1 aromatic heterocycles. The number of pyridine rings is 1. The third-order valence-electron chi connectivity index (χ3n) is 4.67. The molecule has 3 rings (SSSR count). The number of nitrogens with one attached hydrogen (secondary N) is 2. The van der Waals surface area contributed by atoms with E-state index in [9.17, 15) is 9.59 Å². The Morgan fingerprint density at radius 2 is 1.81 bits per heavy atom. The molecule has 142 valence electrons. The second-order valence-corrected chi connectivity index (χ2v) is 6.73. The van der Waals surface area contributed by atoms with E-state index >= 15 is 0 Å². The normalized spacial score (nSPS) is 13.4. The second kappa shape index (κ2) is 9.16. The van der Waals surface area contributed by atoms with Gasteiger partial charge in [0.2, 0.25) is 0 Å². The number of unbranched alkanes of at least 4 members (excludes halogenated alkanes) is 1. The fourth-order valence-corrected chi connectivity index (χ4v) is 3.10. The number of benzene rings is 1. The van der Waals surface area contributed by atoms with E-state index in [2.05, 4.69) is 27.4 Å². The van der Waals surface area contributed by atoms with Crippen molar-refractivity contribution in [1.82, 2.24) is 10.3 Å². The molecule has 1 fully saturated rings. The lowest BCUT2D eigenvalue weighted by molar-refractivity contribution is 0.0953. The van der Waals surface area contributed by atoms with Gasteiger partial charge in [0.15, 0.2) is 0 Å². The molecule has 6 nitrogen and oxygen atoms in total. The average molecular weight is 366 g/mol. The van der Waals surface area contributed by atoms with Gasteiger partial charge in [-0.25, -0.2) is 0 Å². The Bertz CT molecular complexity index is 783.